The van der Waals surface area contributed by atoms with Crippen LogP contribution in [0.25, 0.3) is 0 Å². The first-order valence-electron chi connectivity index (χ1n) is 2.63. The van der Waals surface area contributed by atoms with E-state index in [4.69, 9.17) is 5.26 Å². The van der Waals surface area contributed by atoms with Gasteiger partial charge in [-0.25, -0.2) is 4.79 Å². The lowest BCUT2D eigenvalue weighted by molar-refractivity contribution is 0.243. The average molecular weight is 127 g/mol. The van der Waals surface area contributed by atoms with Crippen LogP contribution >= 0.6 is 0 Å². The van der Waals surface area contributed by atoms with Crippen molar-refractivity contribution in [2.24, 2.45) is 0 Å². The molecular formula is C5H9N3O. The van der Waals surface area contributed by atoms with Crippen molar-refractivity contribution in [1.82, 2.24) is 10.6 Å². The lowest BCUT2D eigenvalue weighted by atomic mass is 10.5. The fourth-order valence-corrected chi connectivity index (χ4v) is 0.320. The second-order valence-corrected chi connectivity index (χ2v) is 1.41. The number of rotatable bonds is 2. The molecular weight excluding hydrogens is 118 g/mol. The normalized spacial score (nSPS) is 7.56. The molecule has 0 unspecified atom stereocenters. The molecule has 0 rings (SSSR count). The van der Waals surface area contributed by atoms with Crippen LogP contribution in [0.2, 0.25) is 0 Å². The Labute approximate surface area is 53.9 Å². The number of urea groups is 1. The highest BCUT2D eigenvalue weighted by Gasteiger charge is 1.90. The fraction of sp³-hybridized carbons (Fsp3) is 0.600. The number of amides is 2. The van der Waals surface area contributed by atoms with Crippen LogP contribution < -0.4 is 10.6 Å². The van der Waals surface area contributed by atoms with Gasteiger partial charge in [0.05, 0.1) is 12.5 Å². The van der Waals surface area contributed by atoms with E-state index in [0.717, 1.165) is 0 Å². The topological polar surface area (TPSA) is 64.9 Å². The van der Waals surface area contributed by atoms with E-state index in [1.807, 2.05) is 6.07 Å². The Morgan fingerprint density at radius 3 is 2.89 bits per heavy atom. The van der Waals surface area contributed by atoms with Crippen LogP contribution in [0.5, 0.6) is 0 Å². The average Bonchev–Trinajstić information content (AvgIpc) is 1.89. The van der Waals surface area contributed by atoms with Crippen LogP contribution in [0.3, 0.4) is 0 Å². The quantitative estimate of drug-likeness (QED) is 0.506. The molecule has 0 heterocycles. The summed E-state index contributed by atoms with van der Waals surface area (Å²) in [6.07, 6.45) is 0.355. The Morgan fingerprint density at radius 1 is 1.78 bits per heavy atom. The Bertz CT molecular complexity index is 127. The molecule has 2 N–H and O–H groups in total. The van der Waals surface area contributed by atoms with E-state index in [9.17, 15) is 4.79 Å². The molecule has 0 aliphatic carbocycles. The first-order valence-corrected chi connectivity index (χ1v) is 2.63. The maximum Gasteiger partial charge on any atom is 0.314 e. The summed E-state index contributed by atoms with van der Waals surface area (Å²) in [5.74, 6) is 0. The Morgan fingerprint density at radius 2 is 2.44 bits per heavy atom. The third kappa shape index (κ3) is 4.62. The molecule has 0 fully saturated rings. The smallest absolute Gasteiger partial charge is 0.314 e. The second-order valence-electron chi connectivity index (χ2n) is 1.41. The molecule has 0 aromatic heterocycles. The van der Waals surface area contributed by atoms with Gasteiger partial charge in [-0.1, -0.05) is 0 Å². The van der Waals surface area contributed by atoms with E-state index in [0.29, 0.717) is 13.0 Å². The van der Waals surface area contributed by atoms with Crippen molar-refractivity contribution in [1.29, 1.82) is 5.26 Å². The third-order valence-electron chi connectivity index (χ3n) is 0.749. The van der Waals surface area contributed by atoms with Gasteiger partial charge in [-0.2, -0.15) is 5.26 Å². The zero-order valence-electron chi connectivity index (χ0n) is 5.27. The molecule has 0 radical (unpaired) electrons. The molecule has 0 bridgehead atoms. The van der Waals surface area contributed by atoms with Crippen LogP contribution in [0.1, 0.15) is 6.42 Å². The van der Waals surface area contributed by atoms with E-state index < -0.39 is 0 Å². The first-order chi connectivity index (χ1) is 4.31. The van der Waals surface area contributed by atoms with Crippen molar-refractivity contribution in [2.45, 2.75) is 6.42 Å². The number of nitrogens with one attached hydrogen (secondary N) is 2. The standard InChI is InChI=1S/C5H9N3O/c1-7-5(9)8-4-2-3-6/h2,4H2,1H3,(H2,7,8,9). The van der Waals surface area contributed by atoms with Gasteiger partial charge in [0, 0.05) is 13.6 Å². The lowest BCUT2D eigenvalue weighted by Crippen LogP contribution is -2.33. The maximum atomic E-state index is 10.4. The highest BCUT2D eigenvalue weighted by Crippen LogP contribution is 1.68. The van der Waals surface area contributed by atoms with Gasteiger partial charge in [-0.3, -0.25) is 0 Å². The Balaban J connectivity index is 3.09. The molecule has 4 heteroatoms. The largest absolute Gasteiger partial charge is 0.341 e. The van der Waals surface area contributed by atoms with E-state index >= 15 is 0 Å². The molecule has 2 amide bonds. The summed E-state index contributed by atoms with van der Waals surface area (Å²) < 4.78 is 0. The molecule has 4 nitrogen and oxygen atoms in total. The van der Waals surface area contributed by atoms with Crippen LogP contribution in [-0.4, -0.2) is 19.6 Å². The summed E-state index contributed by atoms with van der Waals surface area (Å²) in [5.41, 5.74) is 0. The molecule has 0 saturated heterocycles. The minimum atomic E-state index is -0.245. The number of nitrogens with zero attached hydrogens (tertiary/aromatic N) is 1. The van der Waals surface area contributed by atoms with Crippen molar-refractivity contribution in [3.63, 3.8) is 0 Å². The summed E-state index contributed by atoms with van der Waals surface area (Å²) in [6, 6.07) is 1.66. The lowest BCUT2D eigenvalue weighted by Gasteiger charge is -1.98. The van der Waals surface area contributed by atoms with Gasteiger partial charge >= 0.3 is 6.03 Å². The molecule has 0 aromatic rings. The van der Waals surface area contributed by atoms with Gasteiger partial charge in [0.25, 0.3) is 0 Å². The number of carbonyl (C=O) groups is 1. The number of hydrogen-bond acceptors (Lipinski definition) is 2. The van der Waals surface area contributed by atoms with Gasteiger partial charge in [0.2, 0.25) is 0 Å². The van der Waals surface area contributed by atoms with E-state index in [1.165, 1.54) is 7.05 Å². The Hall–Kier alpha value is -1.24. The van der Waals surface area contributed by atoms with Gasteiger partial charge in [-0.15, -0.1) is 0 Å². The van der Waals surface area contributed by atoms with E-state index in [2.05, 4.69) is 10.6 Å². The fourth-order valence-electron chi connectivity index (χ4n) is 0.320. The summed E-state index contributed by atoms with van der Waals surface area (Å²) in [5, 5.41) is 12.9. The van der Waals surface area contributed by atoms with Crippen molar-refractivity contribution in [3.8, 4) is 6.07 Å². The van der Waals surface area contributed by atoms with Crippen LogP contribution in [0, 0.1) is 11.3 Å². The predicted molar refractivity (Wildman–Crippen MR) is 32.7 cm³/mol. The molecule has 0 aliphatic rings. The third-order valence-corrected chi connectivity index (χ3v) is 0.749. The van der Waals surface area contributed by atoms with E-state index in [-0.39, 0.29) is 6.03 Å². The Kier molecular flexibility index (Phi) is 4.23. The molecule has 0 atom stereocenters. The molecule has 0 aliphatic heterocycles. The second kappa shape index (κ2) is 4.91. The SMILES string of the molecule is CNC(=O)NCCC#N. The van der Waals surface area contributed by atoms with Gasteiger partial charge in [0.15, 0.2) is 0 Å². The summed E-state index contributed by atoms with van der Waals surface area (Å²) >= 11 is 0. The van der Waals surface area contributed by atoms with Crippen LogP contribution in [-0.2, 0) is 0 Å². The monoisotopic (exact) mass is 127 g/mol. The zero-order valence-corrected chi connectivity index (χ0v) is 5.27. The van der Waals surface area contributed by atoms with Gasteiger partial charge in [0.1, 0.15) is 0 Å². The molecule has 0 spiro atoms. The molecule has 9 heavy (non-hydrogen) atoms. The predicted octanol–water partition coefficient (Wildman–Crippen LogP) is -0.171. The van der Waals surface area contributed by atoms with Crippen molar-refractivity contribution in [2.75, 3.05) is 13.6 Å². The summed E-state index contributed by atoms with van der Waals surface area (Å²) in [4.78, 5) is 10.4. The van der Waals surface area contributed by atoms with Gasteiger partial charge in [-0.05, 0) is 0 Å². The zero-order chi connectivity index (χ0) is 7.11. The van der Waals surface area contributed by atoms with Crippen LogP contribution in [0.4, 0.5) is 4.79 Å². The molecule has 50 valence electrons. The minimum absolute atomic E-state index is 0.245. The summed E-state index contributed by atoms with van der Waals surface area (Å²) in [7, 11) is 1.53. The summed E-state index contributed by atoms with van der Waals surface area (Å²) in [6.45, 7) is 0.413. The van der Waals surface area contributed by atoms with E-state index in [1.54, 1.807) is 0 Å². The first kappa shape index (κ1) is 7.76. The highest BCUT2D eigenvalue weighted by atomic mass is 16.2. The maximum absolute atomic E-state index is 10.4. The minimum Gasteiger partial charge on any atom is -0.341 e. The van der Waals surface area contributed by atoms with Crippen molar-refractivity contribution >= 4 is 6.03 Å². The number of hydrogen-bond donors (Lipinski definition) is 2. The van der Waals surface area contributed by atoms with Crippen molar-refractivity contribution < 1.29 is 4.79 Å². The molecule has 0 aromatic carbocycles. The van der Waals surface area contributed by atoms with Crippen LogP contribution in [0.15, 0.2) is 0 Å². The number of carbonyl (C=O) groups excluding carboxylic acids is 1. The van der Waals surface area contributed by atoms with Gasteiger partial charge < -0.3 is 10.6 Å². The highest BCUT2D eigenvalue weighted by molar-refractivity contribution is 5.73. The number of nitriles is 1. The molecule has 0 saturated carbocycles. The van der Waals surface area contributed by atoms with Crippen molar-refractivity contribution in [3.05, 3.63) is 0 Å².